The smallest absolute Gasteiger partial charge is 0.316 e. The number of nitrogens with one attached hydrogen (secondary N) is 1. The molecule has 1 aliphatic rings. The first-order chi connectivity index (χ1) is 11.5. The lowest BCUT2D eigenvalue weighted by atomic mass is 9.95. The zero-order chi connectivity index (χ0) is 17.5. The Kier molecular flexibility index (Phi) is 6.89. The van der Waals surface area contributed by atoms with Gasteiger partial charge in [-0.2, -0.15) is 0 Å². The molecule has 1 aliphatic carbocycles. The van der Waals surface area contributed by atoms with E-state index in [2.05, 4.69) is 15.5 Å². The number of rotatable bonds is 7. The summed E-state index contributed by atoms with van der Waals surface area (Å²) in [5.74, 6) is -0.183. The normalized spacial score (nSPS) is 16.6. The molecule has 0 aliphatic heterocycles. The number of carbonyl (C=O) groups is 2. The van der Waals surface area contributed by atoms with Crippen molar-refractivity contribution in [3.8, 4) is 0 Å². The highest BCUT2D eigenvalue weighted by Gasteiger charge is 2.25. The van der Waals surface area contributed by atoms with E-state index >= 15 is 0 Å². The van der Waals surface area contributed by atoms with E-state index in [4.69, 9.17) is 10.5 Å². The second-order valence-corrected chi connectivity index (χ2v) is 6.77. The van der Waals surface area contributed by atoms with Gasteiger partial charge in [0.2, 0.25) is 11.9 Å². The Bertz CT molecular complexity index is 571. The van der Waals surface area contributed by atoms with E-state index in [0.717, 1.165) is 37.4 Å². The maximum Gasteiger partial charge on any atom is 0.316 e. The van der Waals surface area contributed by atoms with Gasteiger partial charge in [0.25, 0.3) is 0 Å². The molecule has 1 heterocycles. The number of ether oxygens (including phenoxy) is 1. The summed E-state index contributed by atoms with van der Waals surface area (Å²) in [5.41, 5.74) is 5.86. The van der Waals surface area contributed by atoms with Gasteiger partial charge in [-0.05, 0) is 26.7 Å². The Morgan fingerprint density at radius 3 is 2.75 bits per heavy atom. The molecule has 9 heteroatoms. The molecule has 0 aromatic carbocycles. The van der Waals surface area contributed by atoms with E-state index < -0.39 is 6.04 Å². The molecule has 1 aromatic rings. The lowest BCUT2D eigenvalue weighted by molar-refractivity contribution is -0.139. The third-order valence-electron chi connectivity index (χ3n) is 4.03. The molecular weight excluding hydrogens is 330 g/mol. The average molecular weight is 355 g/mol. The second-order valence-electron chi connectivity index (χ2n) is 5.82. The summed E-state index contributed by atoms with van der Waals surface area (Å²) in [6.45, 7) is 3.83. The van der Waals surface area contributed by atoms with E-state index in [1.165, 1.54) is 6.42 Å². The Balaban J connectivity index is 1.99. The zero-order valence-electron chi connectivity index (χ0n) is 14.2. The van der Waals surface area contributed by atoms with Crippen LogP contribution >= 0.6 is 11.8 Å². The molecule has 1 fully saturated rings. The number of nitrogen functional groups attached to an aromatic ring is 1. The van der Waals surface area contributed by atoms with Crippen molar-refractivity contribution < 1.29 is 14.3 Å². The number of thioether (sulfide) groups is 1. The number of amides is 1. The summed E-state index contributed by atoms with van der Waals surface area (Å²) in [4.78, 5) is 24.0. The van der Waals surface area contributed by atoms with E-state index in [1.54, 1.807) is 18.4 Å². The maximum absolute atomic E-state index is 12.5. The van der Waals surface area contributed by atoms with Crippen LogP contribution in [0.1, 0.15) is 52.0 Å². The molecule has 0 radical (unpaired) electrons. The van der Waals surface area contributed by atoms with Crippen molar-refractivity contribution in [3.63, 3.8) is 0 Å². The largest absolute Gasteiger partial charge is 0.465 e. The zero-order valence-corrected chi connectivity index (χ0v) is 15.0. The third kappa shape index (κ3) is 4.86. The van der Waals surface area contributed by atoms with Crippen LogP contribution in [0.5, 0.6) is 0 Å². The van der Waals surface area contributed by atoms with Crippen LogP contribution in [-0.4, -0.2) is 45.0 Å². The Labute approximate surface area is 145 Å². The monoisotopic (exact) mass is 355 g/mol. The minimum atomic E-state index is -0.536. The van der Waals surface area contributed by atoms with Gasteiger partial charge in [0, 0.05) is 6.04 Å². The summed E-state index contributed by atoms with van der Waals surface area (Å²) >= 11 is 1.16. The van der Waals surface area contributed by atoms with Crippen molar-refractivity contribution in [2.45, 2.75) is 63.2 Å². The molecular formula is C15H25N5O3S. The Morgan fingerprint density at radius 1 is 1.38 bits per heavy atom. The highest BCUT2D eigenvalue weighted by molar-refractivity contribution is 7.99. The molecule has 2 rings (SSSR count). The van der Waals surface area contributed by atoms with E-state index in [9.17, 15) is 9.59 Å². The van der Waals surface area contributed by atoms with Crippen molar-refractivity contribution in [2.75, 3.05) is 18.1 Å². The minimum Gasteiger partial charge on any atom is -0.465 e. The molecule has 1 saturated carbocycles. The topological polar surface area (TPSA) is 112 Å². The van der Waals surface area contributed by atoms with Crippen LogP contribution in [0.4, 0.5) is 5.95 Å². The molecule has 134 valence electrons. The Hall–Kier alpha value is -1.77. The van der Waals surface area contributed by atoms with E-state index in [-0.39, 0.29) is 29.6 Å². The maximum atomic E-state index is 12.5. The average Bonchev–Trinajstić information content (AvgIpc) is 2.94. The highest BCUT2D eigenvalue weighted by atomic mass is 32.2. The van der Waals surface area contributed by atoms with E-state index in [1.807, 2.05) is 0 Å². The number of aromatic nitrogens is 3. The van der Waals surface area contributed by atoms with Crippen molar-refractivity contribution in [2.24, 2.45) is 0 Å². The fraction of sp³-hybridized carbons (Fsp3) is 0.733. The fourth-order valence-corrected chi connectivity index (χ4v) is 3.58. The number of hydrogen-bond acceptors (Lipinski definition) is 7. The molecule has 0 bridgehead atoms. The molecule has 0 spiro atoms. The summed E-state index contributed by atoms with van der Waals surface area (Å²) in [6, 6.07) is -0.311. The van der Waals surface area contributed by atoms with Crippen LogP contribution < -0.4 is 11.1 Å². The van der Waals surface area contributed by atoms with Gasteiger partial charge in [-0.1, -0.05) is 31.0 Å². The first kappa shape index (κ1) is 18.6. The van der Waals surface area contributed by atoms with Gasteiger partial charge in [0.05, 0.1) is 12.4 Å². The van der Waals surface area contributed by atoms with Crippen LogP contribution in [0.15, 0.2) is 5.16 Å². The van der Waals surface area contributed by atoms with Crippen LogP contribution in [-0.2, 0) is 14.3 Å². The summed E-state index contributed by atoms with van der Waals surface area (Å²) in [7, 11) is 0. The summed E-state index contributed by atoms with van der Waals surface area (Å²) in [5, 5.41) is 11.3. The van der Waals surface area contributed by atoms with Crippen molar-refractivity contribution in [1.29, 1.82) is 0 Å². The van der Waals surface area contributed by atoms with Gasteiger partial charge >= 0.3 is 5.97 Å². The molecule has 8 nitrogen and oxygen atoms in total. The predicted octanol–water partition coefficient (Wildman–Crippen LogP) is 1.53. The molecule has 24 heavy (non-hydrogen) atoms. The molecule has 3 N–H and O–H groups in total. The van der Waals surface area contributed by atoms with Crippen molar-refractivity contribution in [1.82, 2.24) is 20.1 Å². The number of nitrogens with two attached hydrogens (primary N) is 1. The van der Waals surface area contributed by atoms with Gasteiger partial charge < -0.3 is 15.8 Å². The summed E-state index contributed by atoms with van der Waals surface area (Å²) < 4.78 is 6.45. The third-order valence-corrected chi connectivity index (χ3v) is 4.95. The molecule has 1 aromatic heterocycles. The molecule has 0 saturated heterocycles. The SMILES string of the molecule is CCOC(=O)CSc1nnc(N)n1C(C)C(=O)NC1CCCCC1. The standard InChI is InChI=1S/C15H25N5O3S/c1-3-23-12(21)9-24-15-19-18-14(16)20(15)10(2)13(22)17-11-7-5-4-6-8-11/h10-11H,3-9H2,1-2H3,(H2,16,18)(H,17,22). The lowest BCUT2D eigenvalue weighted by Crippen LogP contribution is -2.40. The van der Waals surface area contributed by atoms with Crippen molar-refractivity contribution in [3.05, 3.63) is 0 Å². The predicted molar refractivity (Wildman–Crippen MR) is 91.5 cm³/mol. The quantitative estimate of drug-likeness (QED) is 0.563. The van der Waals surface area contributed by atoms with Gasteiger partial charge in [0.15, 0.2) is 5.16 Å². The number of anilines is 1. The van der Waals surface area contributed by atoms with Gasteiger partial charge in [-0.15, -0.1) is 10.2 Å². The highest BCUT2D eigenvalue weighted by Crippen LogP contribution is 2.24. The van der Waals surface area contributed by atoms with Crippen LogP contribution in [0.25, 0.3) is 0 Å². The lowest BCUT2D eigenvalue weighted by Gasteiger charge is -2.25. The minimum absolute atomic E-state index is 0.100. The van der Waals surface area contributed by atoms with Gasteiger partial charge in [-0.25, -0.2) is 0 Å². The first-order valence-electron chi connectivity index (χ1n) is 8.32. The molecule has 1 unspecified atom stereocenters. The first-order valence-corrected chi connectivity index (χ1v) is 9.30. The van der Waals surface area contributed by atoms with Gasteiger partial charge in [0.1, 0.15) is 6.04 Å². The Morgan fingerprint density at radius 2 is 2.08 bits per heavy atom. The van der Waals surface area contributed by atoms with Crippen LogP contribution in [0.2, 0.25) is 0 Å². The second kappa shape index (κ2) is 8.91. The fourth-order valence-electron chi connectivity index (χ4n) is 2.76. The number of esters is 1. The number of nitrogens with zero attached hydrogens (tertiary/aromatic N) is 3. The molecule has 1 atom stereocenters. The number of hydrogen-bond donors (Lipinski definition) is 2. The van der Waals surface area contributed by atoms with Crippen LogP contribution in [0, 0.1) is 0 Å². The number of carbonyl (C=O) groups excluding carboxylic acids is 2. The van der Waals surface area contributed by atoms with Crippen molar-refractivity contribution >= 4 is 29.6 Å². The molecule has 1 amide bonds. The van der Waals surface area contributed by atoms with Gasteiger partial charge in [-0.3, -0.25) is 14.2 Å². The summed E-state index contributed by atoms with van der Waals surface area (Å²) in [6.07, 6.45) is 5.56. The van der Waals surface area contributed by atoms with Crippen LogP contribution in [0.3, 0.4) is 0 Å². The van der Waals surface area contributed by atoms with E-state index in [0.29, 0.717) is 11.8 Å².